The van der Waals surface area contributed by atoms with Crippen LogP contribution in [0.2, 0.25) is 0 Å². The number of piperidine rings is 1. The smallest absolute Gasteiger partial charge is 0.220 e. The predicted octanol–water partition coefficient (Wildman–Crippen LogP) is 4.29. The molecule has 1 aliphatic rings. The number of likely N-dealkylation sites (tertiary alicyclic amines) is 1. The zero-order valence-electron chi connectivity index (χ0n) is 17.6. The molecule has 1 N–H and O–H groups in total. The van der Waals surface area contributed by atoms with E-state index in [1.807, 2.05) is 18.2 Å². The highest BCUT2D eigenvalue weighted by atomic mass is 32.1. The van der Waals surface area contributed by atoms with E-state index in [2.05, 4.69) is 34.7 Å². The number of nitrogens with zero attached hydrogens (tertiary/aromatic N) is 1. The largest absolute Gasteiger partial charge is 0.497 e. The van der Waals surface area contributed by atoms with Crippen LogP contribution in [0.15, 0.2) is 35.7 Å². The van der Waals surface area contributed by atoms with E-state index in [-0.39, 0.29) is 11.9 Å². The molecular formula is C23H32N2O3S. The second-order valence-electron chi connectivity index (χ2n) is 7.77. The summed E-state index contributed by atoms with van der Waals surface area (Å²) < 4.78 is 10.6. The summed E-state index contributed by atoms with van der Waals surface area (Å²) in [7, 11) is 3.27. The van der Waals surface area contributed by atoms with Crippen molar-refractivity contribution in [3.63, 3.8) is 0 Å². The van der Waals surface area contributed by atoms with E-state index in [9.17, 15) is 4.79 Å². The summed E-state index contributed by atoms with van der Waals surface area (Å²) in [5, 5.41) is 5.29. The van der Waals surface area contributed by atoms with Gasteiger partial charge in [-0.15, -0.1) is 11.3 Å². The quantitative estimate of drug-likeness (QED) is 0.663. The summed E-state index contributed by atoms with van der Waals surface area (Å²) >= 11 is 1.77. The monoisotopic (exact) mass is 416 g/mol. The SMILES string of the molecule is COc1cc(CCC(=O)NC[C@H](c2cccs2)N2CCC(C)CC2)cc(OC)c1. The molecule has 0 aliphatic carbocycles. The van der Waals surface area contributed by atoms with E-state index in [0.717, 1.165) is 36.1 Å². The zero-order valence-corrected chi connectivity index (χ0v) is 18.5. The Morgan fingerprint density at radius 3 is 2.48 bits per heavy atom. The van der Waals surface area contributed by atoms with Crippen LogP contribution in [0, 0.1) is 5.92 Å². The highest BCUT2D eigenvalue weighted by molar-refractivity contribution is 7.10. The van der Waals surface area contributed by atoms with E-state index < -0.39 is 0 Å². The van der Waals surface area contributed by atoms with Crippen molar-refractivity contribution in [1.82, 2.24) is 10.2 Å². The Kier molecular flexibility index (Phi) is 7.95. The van der Waals surface area contributed by atoms with Crippen molar-refractivity contribution in [2.45, 2.75) is 38.6 Å². The minimum Gasteiger partial charge on any atom is -0.497 e. The lowest BCUT2D eigenvalue weighted by atomic mass is 9.97. The van der Waals surface area contributed by atoms with Crippen molar-refractivity contribution < 1.29 is 14.3 Å². The number of ether oxygens (including phenoxy) is 2. The molecular weight excluding hydrogens is 384 g/mol. The lowest BCUT2D eigenvalue weighted by Gasteiger charge is -2.36. The average molecular weight is 417 g/mol. The van der Waals surface area contributed by atoms with Gasteiger partial charge >= 0.3 is 0 Å². The minimum atomic E-state index is 0.0821. The molecule has 1 aromatic carbocycles. The van der Waals surface area contributed by atoms with Gasteiger partial charge in [0.15, 0.2) is 0 Å². The van der Waals surface area contributed by atoms with Crippen LogP contribution in [0.5, 0.6) is 11.5 Å². The second kappa shape index (κ2) is 10.6. The molecule has 0 spiro atoms. The molecule has 1 aliphatic heterocycles. The fourth-order valence-corrected chi connectivity index (χ4v) is 4.66. The number of hydrogen-bond acceptors (Lipinski definition) is 5. The van der Waals surface area contributed by atoms with Crippen LogP contribution >= 0.6 is 11.3 Å². The highest BCUT2D eigenvalue weighted by Gasteiger charge is 2.25. The molecule has 1 aromatic heterocycles. The molecule has 0 bridgehead atoms. The molecule has 1 saturated heterocycles. The van der Waals surface area contributed by atoms with Gasteiger partial charge in [-0.05, 0) is 67.4 Å². The van der Waals surface area contributed by atoms with Gasteiger partial charge in [0.1, 0.15) is 11.5 Å². The van der Waals surface area contributed by atoms with Crippen LogP contribution in [-0.2, 0) is 11.2 Å². The van der Waals surface area contributed by atoms with Crippen molar-refractivity contribution in [1.29, 1.82) is 0 Å². The first-order chi connectivity index (χ1) is 14.1. The van der Waals surface area contributed by atoms with Crippen molar-refractivity contribution in [2.75, 3.05) is 33.9 Å². The highest BCUT2D eigenvalue weighted by Crippen LogP contribution is 2.29. The minimum absolute atomic E-state index is 0.0821. The molecule has 0 saturated carbocycles. The summed E-state index contributed by atoms with van der Waals surface area (Å²) in [5.41, 5.74) is 1.04. The molecule has 2 heterocycles. The third-order valence-corrected chi connectivity index (χ3v) is 6.65. The van der Waals surface area contributed by atoms with Crippen molar-refractivity contribution in [3.05, 3.63) is 46.2 Å². The molecule has 2 aromatic rings. The van der Waals surface area contributed by atoms with Gasteiger partial charge in [-0.1, -0.05) is 13.0 Å². The van der Waals surface area contributed by atoms with Crippen molar-refractivity contribution in [3.8, 4) is 11.5 Å². The summed E-state index contributed by atoms with van der Waals surface area (Å²) in [6.45, 7) is 5.19. The third-order valence-electron chi connectivity index (χ3n) is 5.68. The summed E-state index contributed by atoms with van der Waals surface area (Å²) in [5.74, 6) is 2.37. The summed E-state index contributed by atoms with van der Waals surface area (Å²) in [6.07, 6.45) is 3.57. The van der Waals surface area contributed by atoms with E-state index in [1.54, 1.807) is 25.6 Å². The maximum atomic E-state index is 12.5. The summed E-state index contributed by atoms with van der Waals surface area (Å²) in [4.78, 5) is 16.4. The molecule has 3 rings (SSSR count). The van der Waals surface area contributed by atoms with Crippen LogP contribution < -0.4 is 14.8 Å². The number of benzene rings is 1. The van der Waals surface area contributed by atoms with Gasteiger partial charge in [0.05, 0.1) is 20.3 Å². The van der Waals surface area contributed by atoms with Crippen molar-refractivity contribution >= 4 is 17.2 Å². The number of thiophene rings is 1. The number of carbonyl (C=O) groups is 1. The van der Waals surface area contributed by atoms with Gasteiger partial charge in [-0.25, -0.2) is 0 Å². The van der Waals surface area contributed by atoms with E-state index in [0.29, 0.717) is 19.4 Å². The topological polar surface area (TPSA) is 50.8 Å². The predicted molar refractivity (Wildman–Crippen MR) is 118 cm³/mol. The number of rotatable bonds is 9. The Morgan fingerprint density at radius 1 is 1.21 bits per heavy atom. The van der Waals surface area contributed by atoms with Crippen LogP contribution in [-0.4, -0.2) is 44.7 Å². The van der Waals surface area contributed by atoms with E-state index >= 15 is 0 Å². The zero-order chi connectivity index (χ0) is 20.6. The fourth-order valence-electron chi connectivity index (χ4n) is 3.80. The van der Waals surface area contributed by atoms with Gasteiger partial charge < -0.3 is 14.8 Å². The first-order valence-corrected chi connectivity index (χ1v) is 11.2. The van der Waals surface area contributed by atoms with Gasteiger partial charge in [0.2, 0.25) is 5.91 Å². The molecule has 1 fully saturated rings. The van der Waals surface area contributed by atoms with E-state index in [1.165, 1.54) is 17.7 Å². The van der Waals surface area contributed by atoms with Gasteiger partial charge in [0, 0.05) is 23.9 Å². The number of nitrogens with one attached hydrogen (secondary N) is 1. The first kappa shape index (κ1) is 21.7. The van der Waals surface area contributed by atoms with Crippen molar-refractivity contribution in [2.24, 2.45) is 5.92 Å². The van der Waals surface area contributed by atoms with Crippen LogP contribution in [0.25, 0.3) is 0 Å². The normalized spacial score (nSPS) is 16.4. The lowest BCUT2D eigenvalue weighted by molar-refractivity contribution is -0.121. The molecule has 158 valence electrons. The standard InChI is InChI=1S/C23H32N2O3S/c1-17-8-10-25(11-9-17)21(22-5-4-12-29-22)16-24-23(26)7-6-18-13-19(27-2)15-20(14-18)28-3/h4-5,12-15,17,21H,6-11,16H2,1-3H3,(H,24,26)/t21-/m1/s1. The summed E-state index contributed by atoms with van der Waals surface area (Å²) in [6, 6.07) is 10.3. The Hall–Kier alpha value is -2.05. The molecule has 29 heavy (non-hydrogen) atoms. The Labute approximate surface area is 178 Å². The Morgan fingerprint density at radius 2 is 1.90 bits per heavy atom. The average Bonchev–Trinajstić information content (AvgIpc) is 3.28. The third kappa shape index (κ3) is 6.21. The molecule has 6 heteroatoms. The molecule has 1 atom stereocenters. The Bertz CT molecular complexity index is 748. The Balaban J connectivity index is 1.55. The molecule has 0 radical (unpaired) electrons. The maximum Gasteiger partial charge on any atom is 0.220 e. The first-order valence-electron chi connectivity index (χ1n) is 10.3. The number of methoxy groups -OCH3 is 2. The molecule has 5 nitrogen and oxygen atoms in total. The van der Waals surface area contributed by atoms with Gasteiger partial charge in [-0.3, -0.25) is 9.69 Å². The molecule has 0 unspecified atom stereocenters. The number of carbonyl (C=O) groups excluding carboxylic acids is 1. The van der Waals surface area contributed by atoms with E-state index in [4.69, 9.17) is 9.47 Å². The van der Waals surface area contributed by atoms with Crippen LogP contribution in [0.1, 0.15) is 42.7 Å². The van der Waals surface area contributed by atoms with Gasteiger partial charge in [0.25, 0.3) is 0 Å². The van der Waals surface area contributed by atoms with Crippen LogP contribution in [0.3, 0.4) is 0 Å². The number of aryl methyl sites for hydroxylation is 1. The molecule has 1 amide bonds. The van der Waals surface area contributed by atoms with Crippen LogP contribution in [0.4, 0.5) is 0 Å². The number of amides is 1. The van der Waals surface area contributed by atoms with Gasteiger partial charge in [-0.2, -0.15) is 0 Å². The fraction of sp³-hybridized carbons (Fsp3) is 0.522. The maximum absolute atomic E-state index is 12.5. The second-order valence-corrected chi connectivity index (χ2v) is 8.75. The lowest BCUT2D eigenvalue weighted by Crippen LogP contribution is -2.41. The number of hydrogen-bond donors (Lipinski definition) is 1.